The zero-order valence-corrected chi connectivity index (χ0v) is 28.3. The van der Waals surface area contributed by atoms with Gasteiger partial charge < -0.3 is 20.1 Å². The van der Waals surface area contributed by atoms with Crippen molar-refractivity contribution in [3.8, 4) is 0 Å². The number of tetrazole rings is 1. The van der Waals surface area contributed by atoms with Crippen molar-refractivity contribution in [2.45, 2.75) is 28.9 Å². The maximum atomic E-state index is 13.8. The lowest BCUT2D eigenvalue weighted by atomic mass is 10.0. The SMILES string of the molecule is CNNC(=O)N(C)C(=O)NC(C(=O)NC1C(=O)N2C(C(=O)OC3OC(=O)c4ccccc43)=C(CSc3nnnn3C)CS[C@@H]12)c1ccccc1. The number of imide groups is 1. The highest BCUT2D eigenvalue weighted by atomic mass is 32.2. The standard InChI is InChI=1S/C30H30N10O8S2/c1-31-34-29(46)38(2)28(45)33-19(15-9-5-4-6-10-15)22(41)32-20-23(42)40-21(16(13-49-24(20)40)14-50-30-35-36-37-39(30)3)26(44)48-27-18-12-8-7-11-17(18)25(43)47-27/h4-12,19-20,24,27,31H,13-14H2,1-3H3,(H,32,41)(H,33,45)(H,34,46)/t19?,20?,24-,27?/m0/s1. The lowest BCUT2D eigenvalue weighted by Gasteiger charge is -2.50. The minimum absolute atomic E-state index is 0.0441. The number of nitrogens with zero attached hydrogens (tertiary/aromatic N) is 6. The number of β-lactam (4-membered cyclic amide) rings is 1. The summed E-state index contributed by atoms with van der Waals surface area (Å²) in [5.74, 6) is -2.37. The summed E-state index contributed by atoms with van der Waals surface area (Å²) in [6.07, 6.45) is -1.32. The van der Waals surface area contributed by atoms with Crippen LogP contribution in [0.1, 0.15) is 33.8 Å². The topological polar surface area (TPSA) is 219 Å². The number of benzene rings is 2. The Hall–Kier alpha value is -5.47. The molecule has 3 unspecified atom stereocenters. The first-order valence-electron chi connectivity index (χ1n) is 15.0. The van der Waals surface area contributed by atoms with E-state index in [9.17, 15) is 28.8 Å². The van der Waals surface area contributed by atoms with Gasteiger partial charge in [0.25, 0.3) is 12.2 Å². The number of esters is 2. The molecule has 1 aromatic heterocycles. The van der Waals surface area contributed by atoms with Gasteiger partial charge in [-0.3, -0.25) is 19.9 Å². The number of aryl methyl sites for hydroxylation is 1. The predicted molar refractivity (Wildman–Crippen MR) is 175 cm³/mol. The van der Waals surface area contributed by atoms with Crippen LogP contribution in [0.2, 0.25) is 0 Å². The number of carbonyl (C=O) groups is 6. The van der Waals surface area contributed by atoms with E-state index >= 15 is 0 Å². The van der Waals surface area contributed by atoms with Gasteiger partial charge in [-0.05, 0) is 27.6 Å². The molecule has 50 heavy (non-hydrogen) atoms. The number of nitrogens with one attached hydrogen (secondary N) is 4. The molecule has 1 fully saturated rings. The average molecular weight is 723 g/mol. The molecule has 4 N–H and O–H groups in total. The first-order valence-corrected chi connectivity index (χ1v) is 17.0. The summed E-state index contributed by atoms with van der Waals surface area (Å²) in [7, 11) is 4.34. The first-order chi connectivity index (χ1) is 24.1. The molecule has 6 rings (SSSR count). The van der Waals surface area contributed by atoms with Gasteiger partial charge in [0.1, 0.15) is 23.2 Å². The monoisotopic (exact) mass is 722 g/mol. The van der Waals surface area contributed by atoms with Crippen LogP contribution in [0.4, 0.5) is 9.59 Å². The van der Waals surface area contributed by atoms with Crippen molar-refractivity contribution in [3.63, 3.8) is 0 Å². The summed E-state index contributed by atoms with van der Waals surface area (Å²) >= 11 is 2.56. The van der Waals surface area contributed by atoms with E-state index in [0.717, 1.165) is 4.90 Å². The first kappa shape index (κ1) is 34.4. The normalized spacial score (nSPS) is 19.7. The molecular weight excluding hydrogens is 693 g/mol. The number of carbonyl (C=O) groups excluding carboxylic acids is 6. The molecule has 0 spiro atoms. The van der Waals surface area contributed by atoms with Crippen LogP contribution in [0.3, 0.4) is 0 Å². The summed E-state index contributed by atoms with van der Waals surface area (Å²) in [5, 5.41) is 16.4. The zero-order valence-electron chi connectivity index (χ0n) is 26.7. The second-order valence-corrected chi connectivity index (χ2v) is 13.0. The highest BCUT2D eigenvalue weighted by Crippen LogP contribution is 2.43. The average Bonchev–Trinajstić information content (AvgIpc) is 3.68. The van der Waals surface area contributed by atoms with E-state index in [4.69, 9.17) is 9.47 Å². The van der Waals surface area contributed by atoms with Crippen molar-refractivity contribution in [1.29, 1.82) is 0 Å². The number of aromatic nitrogens is 4. The van der Waals surface area contributed by atoms with Crippen LogP contribution < -0.4 is 21.5 Å². The van der Waals surface area contributed by atoms with Gasteiger partial charge in [0.2, 0.25) is 11.1 Å². The molecule has 4 heterocycles. The Morgan fingerprint density at radius 3 is 2.56 bits per heavy atom. The van der Waals surface area contributed by atoms with Gasteiger partial charge in [-0.15, -0.1) is 16.9 Å². The van der Waals surface area contributed by atoms with Crippen LogP contribution in [0.5, 0.6) is 0 Å². The number of fused-ring (bicyclic) bond motifs is 2. The van der Waals surface area contributed by atoms with Gasteiger partial charge in [-0.25, -0.2) is 34.2 Å². The van der Waals surface area contributed by atoms with E-state index in [-0.39, 0.29) is 22.8 Å². The second-order valence-electron chi connectivity index (χ2n) is 11.0. The molecule has 0 saturated carbocycles. The van der Waals surface area contributed by atoms with Crippen LogP contribution in [-0.2, 0) is 30.9 Å². The molecule has 3 aliphatic rings. The summed E-state index contributed by atoms with van der Waals surface area (Å²) in [6, 6.07) is 10.8. The van der Waals surface area contributed by atoms with Gasteiger partial charge in [0.15, 0.2) is 0 Å². The Labute approximate surface area is 292 Å². The second kappa shape index (κ2) is 14.6. The predicted octanol–water partition coefficient (Wildman–Crippen LogP) is 0.595. The van der Waals surface area contributed by atoms with E-state index in [1.807, 2.05) is 0 Å². The van der Waals surface area contributed by atoms with Crippen LogP contribution in [0.25, 0.3) is 0 Å². The van der Waals surface area contributed by atoms with Gasteiger partial charge in [0, 0.05) is 38.2 Å². The third-order valence-electron chi connectivity index (χ3n) is 7.86. The van der Waals surface area contributed by atoms with Crippen molar-refractivity contribution in [2.75, 3.05) is 25.6 Å². The smallest absolute Gasteiger partial charge is 0.358 e. The number of hydrogen-bond acceptors (Lipinski definition) is 14. The molecule has 2 aromatic carbocycles. The minimum Gasteiger partial charge on any atom is -0.417 e. The maximum absolute atomic E-state index is 13.8. The van der Waals surface area contributed by atoms with Gasteiger partial charge in [-0.2, -0.15) is 0 Å². The highest BCUT2D eigenvalue weighted by molar-refractivity contribution is 8.01. The Morgan fingerprint density at radius 2 is 1.84 bits per heavy atom. The number of cyclic esters (lactones) is 1. The van der Waals surface area contributed by atoms with Crippen LogP contribution in [-0.4, -0.2) is 103 Å². The number of ether oxygens (including phenoxy) is 2. The molecule has 0 radical (unpaired) electrons. The van der Waals surface area contributed by atoms with Crippen LogP contribution >= 0.6 is 23.5 Å². The third-order valence-corrected chi connectivity index (χ3v) is 10.3. The molecule has 1 saturated heterocycles. The number of thioether (sulfide) groups is 2. The number of hydrogen-bond donors (Lipinski definition) is 4. The summed E-state index contributed by atoms with van der Waals surface area (Å²) in [5.41, 5.74) is 6.22. The molecular formula is C30H30N10O8S2. The van der Waals surface area contributed by atoms with Crippen LogP contribution in [0.15, 0.2) is 71.0 Å². The minimum atomic E-state index is -1.32. The fourth-order valence-corrected chi connectivity index (χ4v) is 7.65. The molecule has 20 heteroatoms. The van der Waals surface area contributed by atoms with Gasteiger partial charge in [0.05, 0.1) is 5.56 Å². The quantitative estimate of drug-likeness (QED) is 0.0975. The lowest BCUT2D eigenvalue weighted by Crippen LogP contribution is -2.71. The Morgan fingerprint density at radius 1 is 1.10 bits per heavy atom. The summed E-state index contributed by atoms with van der Waals surface area (Å²) in [6.45, 7) is 0. The molecule has 4 atom stereocenters. The number of urea groups is 2. The van der Waals surface area contributed by atoms with E-state index in [1.54, 1.807) is 61.6 Å². The van der Waals surface area contributed by atoms with Crippen molar-refractivity contribution in [2.24, 2.45) is 7.05 Å². The fraction of sp³-hybridized carbons (Fsp3) is 0.300. The Balaban J connectivity index is 1.23. The van der Waals surface area contributed by atoms with Gasteiger partial charge >= 0.3 is 24.0 Å². The molecule has 260 valence electrons. The number of hydrazine groups is 1. The molecule has 6 amide bonds. The summed E-state index contributed by atoms with van der Waals surface area (Å²) in [4.78, 5) is 80.9. The molecule has 18 nitrogen and oxygen atoms in total. The fourth-order valence-electron chi connectivity index (χ4n) is 5.32. The lowest BCUT2D eigenvalue weighted by molar-refractivity contribution is -0.168. The van der Waals surface area contributed by atoms with E-state index < -0.39 is 59.6 Å². The van der Waals surface area contributed by atoms with Crippen molar-refractivity contribution >= 4 is 59.3 Å². The Bertz CT molecular complexity index is 1890. The maximum Gasteiger partial charge on any atom is 0.358 e. The van der Waals surface area contributed by atoms with Crippen molar-refractivity contribution < 1.29 is 38.2 Å². The van der Waals surface area contributed by atoms with E-state index in [2.05, 4.69) is 37.0 Å². The van der Waals surface area contributed by atoms with Gasteiger partial charge in [-0.1, -0.05) is 60.3 Å². The summed E-state index contributed by atoms with van der Waals surface area (Å²) < 4.78 is 12.5. The molecule has 3 aliphatic heterocycles. The highest BCUT2D eigenvalue weighted by Gasteiger charge is 2.55. The largest absolute Gasteiger partial charge is 0.417 e. The Kier molecular flexibility index (Phi) is 10.0. The van der Waals surface area contributed by atoms with Crippen molar-refractivity contribution in [1.82, 2.24) is 51.5 Å². The molecule has 0 aliphatic carbocycles. The van der Waals surface area contributed by atoms with Crippen molar-refractivity contribution in [3.05, 3.63) is 82.6 Å². The third kappa shape index (κ3) is 6.71. The van der Waals surface area contributed by atoms with Crippen LogP contribution in [0, 0.1) is 0 Å². The molecule has 3 aromatic rings. The number of rotatable bonds is 10. The van der Waals surface area contributed by atoms with E-state index in [1.165, 1.54) is 47.2 Å². The molecule has 0 bridgehead atoms. The number of amides is 6. The van der Waals surface area contributed by atoms with E-state index in [0.29, 0.717) is 21.9 Å². The zero-order chi connectivity index (χ0) is 35.5.